The van der Waals surface area contributed by atoms with E-state index in [1.807, 2.05) is 42.7 Å². The Balaban J connectivity index is 1.48. The molecule has 1 aliphatic rings. The smallest absolute Gasteiger partial charge is 0.234 e. The van der Waals surface area contributed by atoms with Crippen molar-refractivity contribution in [3.05, 3.63) is 48.3 Å². The first kappa shape index (κ1) is 24.6. The average molecular weight is 496 g/mol. The van der Waals surface area contributed by atoms with Crippen molar-refractivity contribution >= 4 is 35.0 Å². The lowest BCUT2D eigenvalue weighted by Crippen LogP contribution is -2.15. The second-order valence-electron chi connectivity index (χ2n) is 8.05. The van der Waals surface area contributed by atoms with Crippen LogP contribution in [0.2, 0.25) is 0 Å². The van der Waals surface area contributed by atoms with Gasteiger partial charge in [-0.2, -0.15) is 0 Å². The van der Waals surface area contributed by atoms with E-state index in [9.17, 15) is 9.59 Å². The fourth-order valence-electron chi connectivity index (χ4n) is 3.61. The standard InChI is InChI=1S/C25H29N5O4S/c1-4-33-21-12-11-19(14-22(21)34-5-2)27-23(32)15-35-25-29-28-24(17-9-10-17)30(25)20-8-6-7-18(13-20)26-16(3)31/h6-8,11-14,17H,4-5,9-10,15H2,1-3H3,(H,26,31)(H,27,32). The van der Waals surface area contributed by atoms with E-state index in [2.05, 4.69) is 20.8 Å². The maximum absolute atomic E-state index is 12.7. The number of hydrogen-bond donors (Lipinski definition) is 2. The van der Waals surface area contributed by atoms with Gasteiger partial charge in [0, 0.05) is 30.3 Å². The van der Waals surface area contributed by atoms with E-state index in [0.717, 1.165) is 24.4 Å². The second kappa shape index (κ2) is 11.3. The number of amides is 2. The van der Waals surface area contributed by atoms with E-state index in [1.165, 1.54) is 18.7 Å². The molecular formula is C25H29N5O4S. The number of ether oxygens (including phenoxy) is 2. The number of carbonyl (C=O) groups is 2. The lowest BCUT2D eigenvalue weighted by molar-refractivity contribution is -0.114. The first-order valence-electron chi connectivity index (χ1n) is 11.6. The van der Waals surface area contributed by atoms with E-state index in [0.29, 0.717) is 47.2 Å². The molecule has 4 rings (SSSR count). The van der Waals surface area contributed by atoms with Crippen LogP contribution in [0.1, 0.15) is 45.4 Å². The predicted octanol–water partition coefficient (Wildman–Crippen LogP) is 4.63. The molecule has 1 saturated carbocycles. The Bertz CT molecular complexity index is 1210. The van der Waals surface area contributed by atoms with Crippen molar-refractivity contribution in [2.45, 2.75) is 44.7 Å². The summed E-state index contributed by atoms with van der Waals surface area (Å²) >= 11 is 1.31. The number of nitrogens with one attached hydrogen (secondary N) is 2. The summed E-state index contributed by atoms with van der Waals surface area (Å²) < 4.78 is 13.2. The van der Waals surface area contributed by atoms with Gasteiger partial charge in [0.15, 0.2) is 16.7 Å². The number of hydrogen-bond acceptors (Lipinski definition) is 7. The van der Waals surface area contributed by atoms with Crippen LogP contribution in [0.3, 0.4) is 0 Å². The summed E-state index contributed by atoms with van der Waals surface area (Å²) in [5.74, 6) is 2.32. The minimum absolute atomic E-state index is 0.138. The molecule has 2 amide bonds. The van der Waals surface area contributed by atoms with E-state index >= 15 is 0 Å². The van der Waals surface area contributed by atoms with Gasteiger partial charge >= 0.3 is 0 Å². The molecule has 0 aliphatic heterocycles. The number of nitrogens with zero attached hydrogens (tertiary/aromatic N) is 3. The maximum atomic E-state index is 12.7. The molecule has 184 valence electrons. The minimum atomic E-state index is -0.170. The zero-order valence-corrected chi connectivity index (χ0v) is 20.9. The predicted molar refractivity (Wildman–Crippen MR) is 136 cm³/mol. The summed E-state index contributed by atoms with van der Waals surface area (Å²) in [5.41, 5.74) is 2.17. The van der Waals surface area contributed by atoms with Gasteiger partial charge < -0.3 is 20.1 Å². The molecule has 0 saturated heterocycles. The Morgan fingerprint density at radius 1 is 1.00 bits per heavy atom. The molecule has 0 spiro atoms. The van der Waals surface area contributed by atoms with Crippen molar-refractivity contribution in [2.75, 3.05) is 29.6 Å². The van der Waals surface area contributed by atoms with Gasteiger partial charge in [-0.25, -0.2) is 0 Å². The molecule has 1 aliphatic carbocycles. The molecule has 2 aromatic carbocycles. The molecule has 0 bridgehead atoms. The Kier molecular flexibility index (Phi) is 7.91. The molecule has 1 heterocycles. The number of thioether (sulfide) groups is 1. The van der Waals surface area contributed by atoms with E-state index < -0.39 is 0 Å². The summed E-state index contributed by atoms with van der Waals surface area (Å²) in [6.07, 6.45) is 2.13. The van der Waals surface area contributed by atoms with Crippen LogP contribution in [-0.4, -0.2) is 45.5 Å². The zero-order valence-electron chi connectivity index (χ0n) is 20.0. The molecule has 10 heteroatoms. The van der Waals surface area contributed by atoms with E-state index in [1.54, 1.807) is 18.2 Å². The summed E-state index contributed by atoms with van der Waals surface area (Å²) in [4.78, 5) is 24.2. The van der Waals surface area contributed by atoms with Gasteiger partial charge in [0.1, 0.15) is 5.82 Å². The van der Waals surface area contributed by atoms with Gasteiger partial charge in [-0.05, 0) is 57.0 Å². The van der Waals surface area contributed by atoms with Crippen molar-refractivity contribution in [1.29, 1.82) is 0 Å². The molecule has 1 fully saturated rings. The summed E-state index contributed by atoms with van der Waals surface area (Å²) in [7, 11) is 0. The summed E-state index contributed by atoms with van der Waals surface area (Å²) in [5, 5.41) is 15.1. The van der Waals surface area contributed by atoms with Crippen LogP contribution in [-0.2, 0) is 9.59 Å². The maximum Gasteiger partial charge on any atom is 0.234 e. The molecule has 2 N–H and O–H groups in total. The lowest BCUT2D eigenvalue weighted by atomic mass is 10.2. The first-order valence-corrected chi connectivity index (χ1v) is 12.6. The molecule has 0 atom stereocenters. The van der Waals surface area contributed by atoms with Crippen LogP contribution < -0.4 is 20.1 Å². The van der Waals surface area contributed by atoms with Crippen molar-refractivity contribution in [1.82, 2.24) is 14.8 Å². The van der Waals surface area contributed by atoms with Crippen molar-refractivity contribution in [3.63, 3.8) is 0 Å². The number of carbonyl (C=O) groups excluding carboxylic acids is 2. The molecular weight excluding hydrogens is 466 g/mol. The van der Waals surface area contributed by atoms with Crippen LogP contribution in [0.25, 0.3) is 5.69 Å². The second-order valence-corrected chi connectivity index (χ2v) is 8.99. The fraction of sp³-hybridized carbons (Fsp3) is 0.360. The SMILES string of the molecule is CCOc1ccc(NC(=O)CSc2nnc(C3CC3)n2-c2cccc(NC(C)=O)c2)cc1OCC. The highest BCUT2D eigenvalue weighted by molar-refractivity contribution is 7.99. The average Bonchev–Trinajstić information content (AvgIpc) is 3.58. The fourth-order valence-corrected chi connectivity index (χ4v) is 4.36. The van der Waals surface area contributed by atoms with Crippen molar-refractivity contribution in [2.24, 2.45) is 0 Å². The van der Waals surface area contributed by atoms with E-state index in [4.69, 9.17) is 9.47 Å². The van der Waals surface area contributed by atoms with Gasteiger partial charge in [-0.3, -0.25) is 14.2 Å². The Morgan fingerprint density at radius 3 is 2.46 bits per heavy atom. The normalized spacial score (nSPS) is 12.8. The van der Waals surface area contributed by atoms with Crippen LogP contribution in [0.5, 0.6) is 11.5 Å². The minimum Gasteiger partial charge on any atom is -0.490 e. The van der Waals surface area contributed by atoms with Gasteiger partial charge in [0.05, 0.1) is 24.7 Å². The van der Waals surface area contributed by atoms with Gasteiger partial charge in [-0.15, -0.1) is 10.2 Å². The lowest BCUT2D eigenvalue weighted by Gasteiger charge is -2.13. The molecule has 9 nitrogen and oxygen atoms in total. The molecule has 0 unspecified atom stereocenters. The third kappa shape index (κ3) is 6.33. The van der Waals surface area contributed by atoms with Crippen LogP contribution in [0, 0.1) is 0 Å². The number of benzene rings is 2. The molecule has 1 aromatic heterocycles. The number of aromatic nitrogens is 3. The van der Waals surface area contributed by atoms with Crippen LogP contribution >= 0.6 is 11.8 Å². The first-order chi connectivity index (χ1) is 17.0. The van der Waals surface area contributed by atoms with Crippen LogP contribution in [0.4, 0.5) is 11.4 Å². The van der Waals surface area contributed by atoms with Crippen LogP contribution in [0.15, 0.2) is 47.6 Å². The van der Waals surface area contributed by atoms with Crippen molar-refractivity contribution < 1.29 is 19.1 Å². The van der Waals surface area contributed by atoms with E-state index in [-0.39, 0.29) is 17.6 Å². The Labute approximate surface area is 208 Å². The third-order valence-electron chi connectivity index (χ3n) is 5.19. The molecule has 0 radical (unpaired) electrons. The Morgan fingerprint density at radius 2 is 1.74 bits per heavy atom. The Hall–Kier alpha value is -3.53. The summed E-state index contributed by atoms with van der Waals surface area (Å²) in [6.45, 7) is 6.30. The highest BCUT2D eigenvalue weighted by Crippen LogP contribution is 2.41. The molecule has 3 aromatic rings. The van der Waals surface area contributed by atoms with Gasteiger partial charge in [0.25, 0.3) is 0 Å². The largest absolute Gasteiger partial charge is 0.490 e. The topological polar surface area (TPSA) is 107 Å². The molecule has 35 heavy (non-hydrogen) atoms. The highest BCUT2D eigenvalue weighted by atomic mass is 32.2. The third-order valence-corrected chi connectivity index (χ3v) is 6.11. The van der Waals surface area contributed by atoms with Crippen molar-refractivity contribution in [3.8, 4) is 17.2 Å². The van der Waals surface area contributed by atoms with Gasteiger partial charge in [-0.1, -0.05) is 17.8 Å². The zero-order chi connectivity index (χ0) is 24.8. The number of rotatable bonds is 11. The number of anilines is 2. The monoisotopic (exact) mass is 495 g/mol. The highest BCUT2D eigenvalue weighted by Gasteiger charge is 2.31. The van der Waals surface area contributed by atoms with Gasteiger partial charge in [0.2, 0.25) is 11.8 Å². The quantitative estimate of drug-likeness (QED) is 0.373. The summed E-state index contributed by atoms with van der Waals surface area (Å²) in [6, 6.07) is 12.9.